The molecule has 0 amide bonds. The van der Waals surface area contributed by atoms with Crippen molar-refractivity contribution in [3.63, 3.8) is 0 Å². The molecular weight excluding hydrogens is 377 g/mol. The van der Waals surface area contributed by atoms with E-state index in [9.17, 15) is 4.39 Å². The van der Waals surface area contributed by atoms with Gasteiger partial charge < -0.3 is 14.5 Å². The second-order valence-corrected chi connectivity index (χ2v) is 6.63. The maximum Gasteiger partial charge on any atom is 0.228 e. The summed E-state index contributed by atoms with van der Waals surface area (Å²) in [6, 6.07) is 3.34. The lowest BCUT2D eigenvalue weighted by atomic mass is 10.0. The summed E-state index contributed by atoms with van der Waals surface area (Å²) in [6.45, 7) is 1.46. The molecule has 24 heavy (non-hydrogen) atoms. The fourth-order valence-electron chi connectivity index (χ4n) is 2.88. The molecule has 2 aromatic rings. The van der Waals surface area contributed by atoms with Crippen LogP contribution in [0.4, 0.5) is 16.2 Å². The molecule has 1 aliphatic heterocycles. The highest BCUT2D eigenvalue weighted by molar-refractivity contribution is 9.10. The summed E-state index contributed by atoms with van der Waals surface area (Å²) in [4.78, 5) is 16.9. The van der Waals surface area contributed by atoms with Crippen LogP contribution in [-0.2, 0) is 0 Å². The lowest BCUT2D eigenvalue weighted by Gasteiger charge is -2.38. The molecule has 0 N–H and O–H groups in total. The van der Waals surface area contributed by atoms with Crippen molar-refractivity contribution < 1.29 is 9.13 Å². The molecular formula is C16H19BrFN5O. The van der Waals surface area contributed by atoms with Gasteiger partial charge in [0.1, 0.15) is 0 Å². The second-order valence-electron chi connectivity index (χ2n) is 5.71. The predicted octanol–water partition coefficient (Wildman–Crippen LogP) is 2.89. The Labute approximate surface area is 148 Å². The zero-order chi connectivity index (χ0) is 17.1. The van der Waals surface area contributed by atoms with E-state index in [1.54, 1.807) is 25.6 Å². The van der Waals surface area contributed by atoms with Crippen molar-refractivity contribution in [1.29, 1.82) is 0 Å². The Kier molecular flexibility index (Phi) is 5.13. The number of nitrogens with zero attached hydrogens (tertiary/aromatic N) is 5. The first kappa shape index (κ1) is 16.9. The van der Waals surface area contributed by atoms with Gasteiger partial charge in [0, 0.05) is 49.1 Å². The van der Waals surface area contributed by atoms with Crippen molar-refractivity contribution in [2.24, 2.45) is 0 Å². The minimum Gasteiger partial charge on any atom is -0.481 e. The number of piperidine rings is 1. The van der Waals surface area contributed by atoms with Crippen LogP contribution in [0.5, 0.6) is 5.88 Å². The molecule has 128 valence electrons. The molecule has 2 aromatic heterocycles. The van der Waals surface area contributed by atoms with Gasteiger partial charge in [0.2, 0.25) is 11.8 Å². The van der Waals surface area contributed by atoms with Gasteiger partial charge in [-0.1, -0.05) is 0 Å². The lowest BCUT2D eigenvalue weighted by Crippen LogP contribution is -2.47. The smallest absolute Gasteiger partial charge is 0.228 e. The van der Waals surface area contributed by atoms with Gasteiger partial charge in [0.15, 0.2) is 11.6 Å². The number of methoxy groups -OCH3 is 1. The summed E-state index contributed by atoms with van der Waals surface area (Å²) in [7, 11) is 3.53. The number of hydrogen-bond acceptors (Lipinski definition) is 6. The third kappa shape index (κ3) is 3.58. The third-order valence-corrected chi connectivity index (χ3v) is 4.61. The second kappa shape index (κ2) is 7.29. The van der Waals surface area contributed by atoms with Gasteiger partial charge in [-0.05, 0) is 34.8 Å². The lowest BCUT2D eigenvalue weighted by molar-refractivity contribution is 0.395. The van der Waals surface area contributed by atoms with Crippen LogP contribution in [0.3, 0.4) is 0 Å². The molecule has 1 saturated heterocycles. The van der Waals surface area contributed by atoms with E-state index in [1.165, 1.54) is 6.07 Å². The van der Waals surface area contributed by atoms with Crippen LogP contribution in [-0.4, -0.2) is 48.2 Å². The number of halogens is 2. The largest absolute Gasteiger partial charge is 0.481 e. The van der Waals surface area contributed by atoms with Crippen LogP contribution >= 0.6 is 15.9 Å². The molecule has 0 aliphatic carbocycles. The molecule has 3 heterocycles. The van der Waals surface area contributed by atoms with Crippen LogP contribution in [0.1, 0.15) is 12.8 Å². The molecule has 6 nitrogen and oxygen atoms in total. The molecule has 0 spiro atoms. The van der Waals surface area contributed by atoms with Gasteiger partial charge in [-0.2, -0.15) is 4.98 Å². The summed E-state index contributed by atoms with van der Waals surface area (Å²) in [5.41, 5.74) is 0. The average molecular weight is 396 g/mol. The Hall–Kier alpha value is -1.96. The molecule has 0 saturated carbocycles. The first-order valence-electron chi connectivity index (χ1n) is 7.74. The zero-order valence-electron chi connectivity index (χ0n) is 13.6. The van der Waals surface area contributed by atoms with Crippen LogP contribution in [0.2, 0.25) is 0 Å². The van der Waals surface area contributed by atoms with Crippen molar-refractivity contribution in [2.75, 3.05) is 37.0 Å². The Morgan fingerprint density at radius 3 is 3.00 bits per heavy atom. The Morgan fingerprint density at radius 2 is 2.25 bits per heavy atom. The minimum atomic E-state index is -0.315. The average Bonchev–Trinajstić information content (AvgIpc) is 2.61. The molecule has 1 fully saturated rings. The van der Waals surface area contributed by atoms with Crippen molar-refractivity contribution in [3.8, 4) is 5.88 Å². The standard InChI is InChI=1S/C16H19BrFN5O/c1-22(16-19-6-5-14(21-16)24-2)12-4-3-7-23(10-12)15-13(18)8-11(17)9-20-15/h5-6,8-9,12H,3-4,7,10H2,1-2H3. The number of rotatable bonds is 4. The van der Waals surface area contributed by atoms with Gasteiger partial charge >= 0.3 is 0 Å². The highest BCUT2D eigenvalue weighted by Gasteiger charge is 2.27. The predicted molar refractivity (Wildman–Crippen MR) is 94.1 cm³/mol. The SMILES string of the molecule is COc1ccnc(N(C)C2CCCN(c3ncc(Br)cc3F)C2)n1. The van der Waals surface area contributed by atoms with Crippen molar-refractivity contribution in [1.82, 2.24) is 15.0 Å². The summed E-state index contributed by atoms with van der Waals surface area (Å²) >= 11 is 3.24. The number of likely N-dealkylation sites (N-methyl/N-ethyl adjacent to an activating group) is 1. The van der Waals surface area contributed by atoms with E-state index in [2.05, 4.69) is 30.9 Å². The third-order valence-electron chi connectivity index (χ3n) is 4.17. The van der Waals surface area contributed by atoms with E-state index in [4.69, 9.17) is 4.74 Å². The normalized spacial score (nSPS) is 17.7. The van der Waals surface area contributed by atoms with E-state index in [1.807, 2.05) is 16.8 Å². The van der Waals surface area contributed by atoms with E-state index < -0.39 is 0 Å². The molecule has 3 rings (SSSR count). The summed E-state index contributed by atoms with van der Waals surface area (Å²) in [6.07, 6.45) is 5.24. The minimum absolute atomic E-state index is 0.177. The number of ether oxygens (including phenoxy) is 1. The Balaban J connectivity index is 1.77. The number of aromatic nitrogens is 3. The molecule has 0 radical (unpaired) electrons. The van der Waals surface area contributed by atoms with Gasteiger partial charge in [-0.3, -0.25) is 0 Å². The summed E-state index contributed by atoms with van der Waals surface area (Å²) in [5, 5.41) is 0. The van der Waals surface area contributed by atoms with Crippen LogP contribution in [0.15, 0.2) is 29.0 Å². The Morgan fingerprint density at radius 1 is 1.42 bits per heavy atom. The molecule has 0 bridgehead atoms. The van der Waals surface area contributed by atoms with Gasteiger partial charge in [-0.25, -0.2) is 14.4 Å². The quantitative estimate of drug-likeness (QED) is 0.793. The van der Waals surface area contributed by atoms with Crippen molar-refractivity contribution in [2.45, 2.75) is 18.9 Å². The summed E-state index contributed by atoms with van der Waals surface area (Å²) in [5.74, 6) is 1.21. The first-order chi connectivity index (χ1) is 11.6. The highest BCUT2D eigenvalue weighted by Crippen LogP contribution is 2.26. The fourth-order valence-corrected chi connectivity index (χ4v) is 3.19. The van der Waals surface area contributed by atoms with Gasteiger partial charge in [0.25, 0.3) is 0 Å². The van der Waals surface area contributed by atoms with E-state index in [0.717, 1.165) is 19.4 Å². The fraction of sp³-hybridized carbons (Fsp3) is 0.438. The Bertz CT molecular complexity index is 717. The van der Waals surface area contributed by atoms with E-state index in [0.29, 0.717) is 28.7 Å². The molecule has 0 aromatic carbocycles. The van der Waals surface area contributed by atoms with Gasteiger partial charge in [0.05, 0.1) is 7.11 Å². The molecule has 8 heteroatoms. The number of hydrogen-bond donors (Lipinski definition) is 0. The van der Waals surface area contributed by atoms with Crippen molar-refractivity contribution in [3.05, 3.63) is 34.8 Å². The first-order valence-corrected chi connectivity index (χ1v) is 8.53. The van der Waals surface area contributed by atoms with E-state index >= 15 is 0 Å². The zero-order valence-corrected chi connectivity index (χ0v) is 15.2. The maximum atomic E-state index is 14.2. The van der Waals surface area contributed by atoms with Crippen LogP contribution in [0.25, 0.3) is 0 Å². The monoisotopic (exact) mass is 395 g/mol. The highest BCUT2D eigenvalue weighted by atomic mass is 79.9. The summed E-state index contributed by atoms with van der Waals surface area (Å²) < 4.78 is 20.0. The molecule has 1 atom stereocenters. The van der Waals surface area contributed by atoms with Crippen molar-refractivity contribution >= 4 is 27.7 Å². The molecule has 1 aliphatic rings. The number of pyridine rings is 1. The van der Waals surface area contributed by atoms with E-state index in [-0.39, 0.29) is 11.9 Å². The number of anilines is 2. The van der Waals surface area contributed by atoms with Gasteiger partial charge in [-0.15, -0.1) is 0 Å². The maximum absolute atomic E-state index is 14.2. The topological polar surface area (TPSA) is 54.4 Å². The molecule has 1 unspecified atom stereocenters. The van der Waals surface area contributed by atoms with Crippen LogP contribution in [0, 0.1) is 5.82 Å². The van der Waals surface area contributed by atoms with Crippen LogP contribution < -0.4 is 14.5 Å².